The number of hydrogen-bond donors (Lipinski definition) is 0. The van der Waals surface area contributed by atoms with Crippen LogP contribution >= 0.6 is 6.83 Å². The number of carbonyl (C=O) groups excluding carboxylic acids is 1. The molecule has 0 aromatic heterocycles. The van der Waals surface area contributed by atoms with Gasteiger partial charge in [0, 0.05) is 0 Å². The number of benzene rings is 1. The van der Waals surface area contributed by atoms with E-state index < -0.39 is 6.83 Å². The van der Waals surface area contributed by atoms with Crippen LogP contribution in [0.5, 0.6) is 0 Å². The fourth-order valence-corrected chi connectivity index (χ4v) is 3.63. The van der Waals surface area contributed by atoms with Gasteiger partial charge in [-0.3, -0.25) is 0 Å². The topological polar surface area (TPSA) is 26.3 Å². The van der Waals surface area contributed by atoms with Crippen LogP contribution in [0.3, 0.4) is 0 Å². The molecule has 0 radical (unpaired) electrons. The summed E-state index contributed by atoms with van der Waals surface area (Å²) in [7, 11) is 0. The third kappa shape index (κ3) is 2.55. The average Bonchev–Trinajstić information content (AvgIpc) is 2.02. The molecule has 0 saturated heterocycles. The second kappa shape index (κ2) is 3.36. The number of rotatable bonds is 2. The molecule has 0 spiro atoms. The number of carbonyl (C=O) groups is 1. The van der Waals surface area contributed by atoms with Crippen molar-refractivity contribution < 1.29 is 9.32 Å². The average molecular weight is 212 g/mol. The molecular formula is C11H17O2P. The molecule has 0 atom stereocenters. The Morgan fingerprint density at radius 1 is 1.14 bits per heavy atom. The zero-order valence-corrected chi connectivity index (χ0v) is 10.0. The Balaban J connectivity index is 3.11. The van der Waals surface area contributed by atoms with Crippen LogP contribution < -0.4 is 5.30 Å². The normalized spacial score (nSPS) is 14.1. The van der Waals surface area contributed by atoms with Gasteiger partial charge in [0.05, 0.1) is 0 Å². The van der Waals surface area contributed by atoms with Crippen molar-refractivity contribution in [1.29, 1.82) is 0 Å². The minimum absolute atomic E-state index is 0.209. The Kier molecular flexibility index (Phi) is 2.69. The van der Waals surface area contributed by atoms with Gasteiger partial charge in [0.25, 0.3) is 0 Å². The molecule has 0 aliphatic rings. The predicted molar refractivity (Wildman–Crippen MR) is 62.5 cm³/mol. The van der Waals surface area contributed by atoms with E-state index in [1.165, 1.54) is 6.92 Å². The van der Waals surface area contributed by atoms with Crippen LogP contribution in [0, 0.1) is 0 Å². The van der Waals surface area contributed by atoms with E-state index in [4.69, 9.17) is 4.52 Å². The zero-order chi connectivity index (χ0) is 10.8. The fourth-order valence-electron chi connectivity index (χ4n) is 1.44. The zero-order valence-electron chi connectivity index (χ0n) is 9.15. The van der Waals surface area contributed by atoms with Gasteiger partial charge in [-0.2, -0.15) is 0 Å². The fraction of sp³-hybridized carbons (Fsp3) is 0.364. The van der Waals surface area contributed by atoms with Crippen molar-refractivity contribution in [3.05, 3.63) is 30.3 Å². The van der Waals surface area contributed by atoms with Crippen molar-refractivity contribution in [3.63, 3.8) is 0 Å². The molecule has 14 heavy (non-hydrogen) atoms. The molecule has 0 saturated carbocycles. The van der Waals surface area contributed by atoms with Gasteiger partial charge in [0.1, 0.15) is 0 Å². The summed E-state index contributed by atoms with van der Waals surface area (Å²) in [5, 5.41) is 1.12. The van der Waals surface area contributed by atoms with E-state index in [-0.39, 0.29) is 5.97 Å². The standard InChI is InChI=1S/C11H17O2P/c1-10(12)13-14(2,3,4)11-8-6-5-7-9-11/h5-9H,1-4H3. The van der Waals surface area contributed by atoms with Crippen LogP contribution in [0.1, 0.15) is 6.92 Å². The summed E-state index contributed by atoms with van der Waals surface area (Å²) in [6.45, 7) is 5.09. The molecule has 0 amide bonds. The predicted octanol–water partition coefficient (Wildman–Crippen LogP) is 2.23. The summed E-state index contributed by atoms with van der Waals surface area (Å²) in [6, 6.07) is 9.93. The van der Waals surface area contributed by atoms with Gasteiger partial charge in [-0.25, -0.2) is 0 Å². The van der Waals surface area contributed by atoms with Crippen LogP contribution in [0.2, 0.25) is 0 Å². The number of hydrogen-bond acceptors (Lipinski definition) is 2. The molecule has 0 aliphatic heterocycles. The minimum atomic E-state index is -2.46. The molecule has 3 heteroatoms. The molecule has 78 valence electrons. The van der Waals surface area contributed by atoms with Crippen LogP contribution in [-0.4, -0.2) is 26.0 Å². The van der Waals surface area contributed by atoms with Gasteiger partial charge in [0.2, 0.25) is 0 Å². The SMILES string of the molecule is CC(=O)OP(C)(C)(C)c1ccccc1. The van der Waals surface area contributed by atoms with Crippen molar-refractivity contribution >= 4 is 18.1 Å². The van der Waals surface area contributed by atoms with Crippen LogP contribution in [0.15, 0.2) is 30.3 Å². The Bertz CT molecular complexity index is 335. The molecule has 0 fully saturated rings. The monoisotopic (exact) mass is 212 g/mol. The molecule has 0 aliphatic carbocycles. The first-order chi connectivity index (χ1) is 6.30. The van der Waals surface area contributed by atoms with Crippen molar-refractivity contribution in [2.24, 2.45) is 0 Å². The Hall–Kier alpha value is -0.880. The van der Waals surface area contributed by atoms with Crippen LogP contribution in [0.25, 0.3) is 0 Å². The van der Waals surface area contributed by atoms with Crippen molar-refractivity contribution in [2.75, 3.05) is 20.0 Å². The molecule has 1 aromatic rings. The van der Waals surface area contributed by atoms with E-state index in [0.717, 1.165) is 5.30 Å². The summed E-state index contributed by atoms with van der Waals surface area (Å²) in [5.41, 5.74) is 0. The van der Waals surface area contributed by atoms with E-state index in [2.05, 4.69) is 0 Å². The van der Waals surface area contributed by atoms with Crippen LogP contribution in [0.4, 0.5) is 0 Å². The third-order valence-corrected chi connectivity index (χ3v) is 5.04. The first kappa shape index (κ1) is 11.2. The molecule has 0 N–H and O–H groups in total. The molecule has 1 aromatic carbocycles. The molecule has 1 rings (SSSR count). The molecule has 2 nitrogen and oxygen atoms in total. The quantitative estimate of drug-likeness (QED) is 0.703. The van der Waals surface area contributed by atoms with Crippen LogP contribution in [-0.2, 0) is 9.32 Å². The van der Waals surface area contributed by atoms with Gasteiger partial charge in [-0.1, -0.05) is 0 Å². The van der Waals surface area contributed by atoms with Gasteiger partial charge >= 0.3 is 84.7 Å². The summed E-state index contributed by atoms with van der Waals surface area (Å²) >= 11 is 0. The van der Waals surface area contributed by atoms with E-state index in [9.17, 15) is 4.79 Å². The van der Waals surface area contributed by atoms with Crippen molar-refractivity contribution in [1.82, 2.24) is 0 Å². The van der Waals surface area contributed by atoms with Gasteiger partial charge in [0.15, 0.2) is 0 Å². The molecule has 0 heterocycles. The summed E-state index contributed by atoms with van der Waals surface area (Å²) in [4.78, 5) is 11.0. The van der Waals surface area contributed by atoms with E-state index in [0.29, 0.717) is 0 Å². The van der Waals surface area contributed by atoms with E-state index >= 15 is 0 Å². The second-order valence-electron chi connectivity index (χ2n) is 4.57. The van der Waals surface area contributed by atoms with Crippen molar-refractivity contribution in [3.8, 4) is 0 Å². The second-order valence-corrected chi connectivity index (χ2v) is 10.6. The Morgan fingerprint density at radius 2 is 1.64 bits per heavy atom. The van der Waals surface area contributed by atoms with E-state index in [1.54, 1.807) is 0 Å². The van der Waals surface area contributed by atoms with Gasteiger partial charge in [-0.05, 0) is 0 Å². The maximum absolute atomic E-state index is 11.0. The molecule has 0 unspecified atom stereocenters. The summed E-state index contributed by atoms with van der Waals surface area (Å²) in [6.07, 6.45) is 0. The van der Waals surface area contributed by atoms with Crippen molar-refractivity contribution in [2.45, 2.75) is 6.92 Å². The summed E-state index contributed by atoms with van der Waals surface area (Å²) in [5.74, 6) is -0.209. The van der Waals surface area contributed by atoms with Gasteiger partial charge in [-0.15, -0.1) is 0 Å². The molecular weight excluding hydrogens is 195 g/mol. The maximum atomic E-state index is 11.0. The third-order valence-electron chi connectivity index (χ3n) is 2.08. The van der Waals surface area contributed by atoms with E-state index in [1.807, 2.05) is 50.3 Å². The Labute approximate surface area is 85.3 Å². The molecule has 0 bridgehead atoms. The van der Waals surface area contributed by atoms with Gasteiger partial charge < -0.3 is 0 Å². The first-order valence-electron chi connectivity index (χ1n) is 4.57. The summed E-state index contributed by atoms with van der Waals surface area (Å²) < 4.78 is 5.50. The Morgan fingerprint density at radius 3 is 2.07 bits per heavy atom. The first-order valence-corrected chi connectivity index (χ1v) is 8.06.